The number of hydrogen-bond donors (Lipinski definition) is 3. The van der Waals surface area contributed by atoms with E-state index in [2.05, 4.69) is 14.4 Å². The number of nitrogen functional groups attached to an aromatic ring is 1. The van der Waals surface area contributed by atoms with Gasteiger partial charge in [-0.1, -0.05) is 0 Å². The maximum atomic E-state index is 11.5. The summed E-state index contributed by atoms with van der Waals surface area (Å²) in [5.74, 6) is 0. The molecule has 0 unspecified atom stereocenters. The summed E-state index contributed by atoms with van der Waals surface area (Å²) in [6.45, 7) is -0.290. The largest absolute Gasteiger partial charge is 0.394 e. The molecule has 2 aromatic heterocycles. The minimum absolute atomic E-state index is 0.0414. The molecule has 3 atom stereocenters. The van der Waals surface area contributed by atoms with Crippen molar-refractivity contribution in [2.45, 2.75) is 24.9 Å². The molecule has 1 aliphatic rings. The van der Waals surface area contributed by atoms with E-state index in [0.29, 0.717) is 0 Å². The SMILES string of the molecule is Nc1nc2c(ncn2[C@@H]2C[C@H](O)[C@@H](CO)O2)c(=O)o1. The Balaban J connectivity index is 2.05. The zero-order chi connectivity index (χ0) is 13.6. The van der Waals surface area contributed by atoms with Crippen molar-refractivity contribution in [1.82, 2.24) is 14.5 Å². The Morgan fingerprint density at radius 3 is 3.05 bits per heavy atom. The van der Waals surface area contributed by atoms with Crippen LogP contribution in [0, 0.1) is 0 Å². The summed E-state index contributed by atoms with van der Waals surface area (Å²) in [5, 5.41) is 18.7. The van der Waals surface area contributed by atoms with Gasteiger partial charge in [-0.2, -0.15) is 4.98 Å². The van der Waals surface area contributed by atoms with E-state index in [4.69, 9.17) is 15.6 Å². The number of rotatable bonds is 2. The van der Waals surface area contributed by atoms with Gasteiger partial charge in [-0.05, 0) is 0 Å². The summed E-state index contributed by atoms with van der Waals surface area (Å²) in [4.78, 5) is 19.3. The molecule has 4 N–H and O–H groups in total. The Morgan fingerprint density at radius 2 is 2.37 bits per heavy atom. The highest BCUT2D eigenvalue weighted by atomic mass is 16.5. The zero-order valence-corrected chi connectivity index (χ0v) is 9.76. The molecule has 0 radical (unpaired) electrons. The Hall–Kier alpha value is -1.97. The number of nitrogens with two attached hydrogens (primary N) is 1. The van der Waals surface area contributed by atoms with Crippen LogP contribution in [0.3, 0.4) is 0 Å². The van der Waals surface area contributed by atoms with Crippen LogP contribution < -0.4 is 11.4 Å². The molecule has 1 fully saturated rings. The van der Waals surface area contributed by atoms with Crippen molar-refractivity contribution in [1.29, 1.82) is 0 Å². The minimum Gasteiger partial charge on any atom is -0.394 e. The minimum atomic E-state index is -0.787. The molecule has 3 rings (SSSR count). The molecule has 9 nitrogen and oxygen atoms in total. The first-order chi connectivity index (χ1) is 9.10. The van der Waals surface area contributed by atoms with Gasteiger partial charge in [0.15, 0.2) is 11.2 Å². The third-order valence-corrected chi connectivity index (χ3v) is 3.07. The molecule has 2 aromatic rings. The molecule has 0 bridgehead atoms. The lowest BCUT2D eigenvalue weighted by Crippen LogP contribution is -2.24. The van der Waals surface area contributed by atoms with Crippen molar-refractivity contribution in [3.8, 4) is 0 Å². The van der Waals surface area contributed by atoms with Crippen LogP contribution in [0.5, 0.6) is 0 Å². The summed E-state index contributed by atoms with van der Waals surface area (Å²) in [6, 6.07) is -0.267. The summed E-state index contributed by atoms with van der Waals surface area (Å²) in [5.41, 5.74) is 4.97. The molecule has 3 heterocycles. The summed E-state index contributed by atoms with van der Waals surface area (Å²) < 4.78 is 11.6. The van der Waals surface area contributed by atoms with Gasteiger partial charge < -0.3 is 25.1 Å². The lowest BCUT2D eigenvalue weighted by molar-refractivity contribution is -0.0432. The van der Waals surface area contributed by atoms with Crippen LogP contribution in [0.2, 0.25) is 0 Å². The Labute approximate surface area is 106 Å². The average molecular weight is 268 g/mol. The number of aromatic nitrogens is 3. The fourth-order valence-electron chi connectivity index (χ4n) is 2.14. The fraction of sp³-hybridized carbons (Fsp3) is 0.500. The van der Waals surface area contributed by atoms with Gasteiger partial charge >= 0.3 is 5.63 Å². The highest BCUT2D eigenvalue weighted by Crippen LogP contribution is 2.30. The Morgan fingerprint density at radius 1 is 1.58 bits per heavy atom. The number of hydrogen-bond acceptors (Lipinski definition) is 8. The maximum absolute atomic E-state index is 11.5. The Bertz CT molecular complexity index is 665. The second-order valence-electron chi connectivity index (χ2n) is 4.28. The molecule has 0 spiro atoms. The van der Waals surface area contributed by atoms with E-state index in [1.54, 1.807) is 0 Å². The smallest absolute Gasteiger partial charge is 0.368 e. The van der Waals surface area contributed by atoms with Gasteiger partial charge in [0.25, 0.3) is 6.01 Å². The third-order valence-electron chi connectivity index (χ3n) is 3.07. The van der Waals surface area contributed by atoms with Gasteiger partial charge in [0.2, 0.25) is 0 Å². The number of ether oxygens (including phenoxy) is 1. The average Bonchev–Trinajstić information content (AvgIpc) is 2.92. The number of fused-ring (bicyclic) bond motifs is 1. The van der Waals surface area contributed by atoms with E-state index in [0.717, 1.165) is 0 Å². The number of aliphatic hydroxyl groups is 2. The molecule has 0 aromatic carbocycles. The summed E-state index contributed by atoms with van der Waals surface area (Å²) in [7, 11) is 0. The van der Waals surface area contributed by atoms with Crippen molar-refractivity contribution < 1.29 is 19.4 Å². The number of nitrogens with zero attached hydrogens (tertiary/aromatic N) is 3. The number of imidazole rings is 1. The van der Waals surface area contributed by atoms with E-state index < -0.39 is 24.1 Å². The zero-order valence-electron chi connectivity index (χ0n) is 9.76. The predicted molar refractivity (Wildman–Crippen MR) is 62.1 cm³/mol. The van der Waals surface area contributed by atoms with Gasteiger partial charge in [0.05, 0.1) is 19.0 Å². The monoisotopic (exact) mass is 268 g/mol. The number of aliphatic hydroxyl groups excluding tert-OH is 2. The molecule has 1 saturated heterocycles. The van der Waals surface area contributed by atoms with Crippen molar-refractivity contribution in [3.63, 3.8) is 0 Å². The first-order valence-electron chi connectivity index (χ1n) is 5.67. The third kappa shape index (κ3) is 1.87. The summed E-state index contributed by atoms with van der Waals surface area (Å²) >= 11 is 0. The fourth-order valence-corrected chi connectivity index (χ4v) is 2.14. The molecule has 19 heavy (non-hydrogen) atoms. The molecular weight excluding hydrogens is 256 g/mol. The topological polar surface area (TPSA) is 137 Å². The quantitative estimate of drug-likeness (QED) is 0.605. The van der Waals surface area contributed by atoms with Crippen LogP contribution in [0.1, 0.15) is 12.6 Å². The van der Waals surface area contributed by atoms with E-state index in [1.165, 1.54) is 10.9 Å². The van der Waals surface area contributed by atoms with E-state index >= 15 is 0 Å². The van der Waals surface area contributed by atoms with Crippen molar-refractivity contribution in [3.05, 3.63) is 16.7 Å². The van der Waals surface area contributed by atoms with Crippen LogP contribution in [-0.2, 0) is 4.74 Å². The normalized spacial score (nSPS) is 27.2. The highest BCUT2D eigenvalue weighted by Gasteiger charge is 2.35. The first kappa shape index (κ1) is 12.1. The standard InChI is InChI=1S/C10H12N4O5/c11-10-13-8-7(9(17)19-10)12-3-14(8)6-1-4(16)5(2-15)18-6/h3-6,15-16H,1-2H2,(H2,11,13)/t4-,5+,6-/m0/s1. The van der Waals surface area contributed by atoms with Gasteiger partial charge in [0.1, 0.15) is 12.3 Å². The second-order valence-corrected chi connectivity index (χ2v) is 4.28. The van der Waals surface area contributed by atoms with Gasteiger partial charge in [-0.3, -0.25) is 4.57 Å². The molecule has 0 amide bonds. The van der Waals surface area contributed by atoms with Crippen molar-refractivity contribution in [2.75, 3.05) is 12.3 Å². The van der Waals surface area contributed by atoms with Crippen LogP contribution in [0.15, 0.2) is 15.5 Å². The molecular formula is C10H12N4O5. The lowest BCUT2D eigenvalue weighted by atomic mass is 10.2. The van der Waals surface area contributed by atoms with Crippen molar-refractivity contribution >= 4 is 17.2 Å². The van der Waals surface area contributed by atoms with Crippen molar-refractivity contribution in [2.24, 2.45) is 0 Å². The van der Waals surface area contributed by atoms with Gasteiger partial charge in [-0.15, -0.1) is 0 Å². The second kappa shape index (κ2) is 4.30. The van der Waals surface area contributed by atoms with Gasteiger partial charge in [0, 0.05) is 6.42 Å². The van der Waals surface area contributed by atoms with Crippen LogP contribution >= 0.6 is 0 Å². The van der Waals surface area contributed by atoms with E-state index in [9.17, 15) is 9.90 Å². The maximum Gasteiger partial charge on any atom is 0.368 e. The van der Waals surface area contributed by atoms with E-state index in [-0.39, 0.29) is 30.2 Å². The molecule has 9 heteroatoms. The highest BCUT2D eigenvalue weighted by molar-refractivity contribution is 5.69. The molecule has 0 aliphatic carbocycles. The molecule has 102 valence electrons. The Kier molecular flexibility index (Phi) is 2.73. The molecule has 0 saturated carbocycles. The lowest BCUT2D eigenvalue weighted by Gasteiger charge is -2.13. The van der Waals surface area contributed by atoms with Crippen LogP contribution in [0.25, 0.3) is 11.2 Å². The molecule has 1 aliphatic heterocycles. The predicted octanol–water partition coefficient (Wildman–Crippen LogP) is -1.39. The van der Waals surface area contributed by atoms with Crippen LogP contribution in [-0.4, -0.2) is 43.6 Å². The van der Waals surface area contributed by atoms with Crippen LogP contribution in [0.4, 0.5) is 6.01 Å². The summed E-state index contributed by atoms with van der Waals surface area (Å²) in [6.07, 6.45) is -0.389. The van der Waals surface area contributed by atoms with E-state index in [1.807, 2.05) is 0 Å². The van der Waals surface area contributed by atoms with Gasteiger partial charge in [-0.25, -0.2) is 9.78 Å². The first-order valence-corrected chi connectivity index (χ1v) is 5.67. The number of anilines is 1.